The first-order chi connectivity index (χ1) is 8.34. The lowest BCUT2D eigenvalue weighted by Gasteiger charge is -2.15. The van der Waals surface area contributed by atoms with Gasteiger partial charge in [-0.15, -0.1) is 0 Å². The Morgan fingerprint density at radius 3 is 2.59 bits per heavy atom. The molecule has 3 rings (SSSR count). The van der Waals surface area contributed by atoms with Crippen LogP contribution in [-0.4, -0.2) is 5.11 Å². The highest BCUT2D eigenvalue weighted by Gasteiger charge is 2.10. The van der Waals surface area contributed by atoms with Gasteiger partial charge in [0, 0.05) is 0 Å². The fraction of sp³-hybridized carbons (Fsp3) is 0.125. The average Bonchev–Trinajstić information content (AvgIpc) is 2.39. The van der Waals surface area contributed by atoms with E-state index in [1.165, 1.54) is 22.3 Å². The zero-order chi connectivity index (χ0) is 11.7. The van der Waals surface area contributed by atoms with Gasteiger partial charge >= 0.3 is 0 Å². The van der Waals surface area contributed by atoms with E-state index in [2.05, 4.69) is 30.4 Å². The largest absolute Gasteiger partial charge is 0.508 e. The lowest BCUT2D eigenvalue weighted by Crippen LogP contribution is -1.97. The van der Waals surface area contributed by atoms with Crippen molar-refractivity contribution in [2.75, 3.05) is 0 Å². The van der Waals surface area contributed by atoms with Crippen LogP contribution in [0.5, 0.6) is 5.75 Å². The summed E-state index contributed by atoms with van der Waals surface area (Å²) in [5, 5.41) is 9.33. The van der Waals surface area contributed by atoms with E-state index >= 15 is 0 Å². The van der Waals surface area contributed by atoms with Crippen molar-refractivity contribution in [2.45, 2.75) is 12.8 Å². The lowest BCUT2D eigenvalue weighted by atomic mass is 9.89. The van der Waals surface area contributed by atoms with E-state index < -0.39 is 0 Å². The normalized spacial score (nSPS) is 13.4. The summed E-state index contributed by atoms with van der Waals surface area (Å²) in [7, 11) is 0. The number of rotatable bonds is 1. The van der Waals surface area contributed by atoms with Gasteiger partial charge in [-0.3, -0.25) is 0 Å². The molecule has 0 amide bonds. The van der Waals surface area contributed by atoms with Crippen LogP contribution in [0.25, 0.3) is 17.2 Å². The van der Waals surface area contributed by atoms with Crippen LogP contribution in [0.2, 0.25) is 0 Å². The molecule has 0 aliphatic heterocycles. The molecule has 0 saturated heterocycles. The van der Waals surface area contributed by atoms with Gasteiger partial charge in [-0.1, -0.05) is 42.5 Å². The third-order valence-electron chi connectivity index (χ3n) is 3.25. The molecule has 0 aromatic heterocycles. The van der Waals surface area contributed by atoms with E-state index in [4.69, 9.17) is 0 Å². The topological polar surface area (TPSA) is 20.2 Å². The van der Waals surface area contributed by atoms with Crippen molar-refractivity contribution in [3.05, 3.63) is 59.7 Å². The molecular weight excluding hydrogens is 208 g/mol. The van der Waals surface area contributed by atoms with Crippen LogP contribution in [0.1, 0.15) is 17.5 Å². The van der Waals surface area contributed by atoms with Crippen LogP contribution in [0.3, 0.4) is 0 Å². The summed E-state index contributed by atoms with van der Waals surface area (Å²) >= 11 is 0. The number of hydrogen-bond donors (Lipinski definition) is 1. The first kappa shape index (κ1) is 10.2. The second kappa shape index (κ2) is 4.10. The van der Waals surface area contributed by atoms with Crippen LogP contribution < -0.4 is 0 Å². The summed E-state index contributed by atoms with van der Waals surface area (Å²) in [6.45, 7) is 0. The highest BCUT2D eigenvalue weighted by atomic mass is 16.3. The Kier molecular flexibility index (Phi) is 2.45. The highest BCUT2D eigenvalue weighted by molar-refractivity contribution is 5.74. The Morgan fingerprint density at radius 1 is 0.941 bits per heavy atom. The number of allylic oxidation sites excluding steroid dienone is 1. The minimum absolute atomic E-state index is 0.318. The summed E-state index contributed by atoms with van der Waals surface area (Å²) in [5.41, 5.74) is 5.20. The van der Waals surface area contributed by atoms with Gasteiger partial charge in [-0.05, 0) is 47.2 Å². The Bertz CT molecular complexity index is 565. The van der Waals surface area contributed by atoms with Crippen molar-refractivity contribution in [1.29, 1.82) is 0 Å². The second-order valence-corrected chi connectivity index (χ2v) is 4.36. The molecule has 0 fully saturated rings. The molecule has 1 N–H and O–H groups in total. The van der Waals surface area contributed by atoms with Gasteiger partial charge in [0.05, 0.1) is 0 Å². The molecule has 84 valence electrons. The smallest absolute Gasteiger partial charge is 0.115 e. The Labute approximate surface area is 101 Å². The van der Waals surface area contributed by atoms with Gasteiger partial charge < -0.3 is 5.11 Å². The monoisotopic (exact) mass is 222 g/mol. The summed E-state index contributed by atoms with van der Waals surface area (Å²) in [5.74, 6) is 0.318. The van der Waals surface area contributed by atoms with Gasteiger partial charge in [0.2, 0.25) is 0 Å². The van der Waals surface area contributed by atoms with E-state index in [1.807, 2.05) is 12.1 Å². The van der Waals surface area contributed by atoms with Crippen molar-refractivity contribution >= 4 is 6.08 Å². The van der Waals surface area contributed by atoms with Gasteiger partial charge in [0.15, 0.2) is 0 Å². The lowest BCUT2D eigenvalue weighted by molar-refractivity contribution is 0.475. The van der Waals surface area contributed by atoms with Gasteiger partial charge in [-0.2, -0.15) is 0 Å². The van der Waals surface area contributed by atoms with Crippen LogP contribution in [0.15, 0.2) is 48.5 Å². The minimum atomic E-state index is 0.318. The maximum absolute atomic E-state index is 9.33. The summed E-state index contributed by atoms with van der Waals surface area (Å²) in [6, 6.07) is 13.9. The maximum Gasteiger partial charge on any atom is 0.115 e. The number of hydrogen-bond acceptors (Lipinski definition) is 1. The standard InChI is InChI=1S/C16H14O/c17-14-10-8-13(9-11-14)16-7-3-5-12-4-1-2-6-15(12)16/h1,3-5,7-11,17H,2,6H2. The van der Waals surface area contributed by atoms with Crippen molar-refractivity contribution in [3.8, 4) is 16.9 Å². The predicted octanol–water partition coefficient (Wildman–Crippen LogP) is 4.02. The molecule has 1 aliphatic carbocycles. The molecule has 0 unspecified atom stereocenters. The van der Waals surface area contributed by atoms with Crippen molar-refractivity contribution in [1.82, 2.24) is 0 Å². The summed E-state index contributed by atoms with van der Waals surface area (Å²) in [4.78, 5) is 0. The third kappa shape index (κ3) is 1.84. The van der Waals surface area contributed by atoms with Crippen LogP contribution >= 0.6 is 0 Å². The molecule has 0 heterocycles. The van der Waals surface area contributed by atoms with Crippen LogP contribution in [-0.2, 0) is 6.42 Å². The summed E-state index contributed by atoms with van der Waals surface area (Å²) < 4.78 is 0. The zero-order valence-electron chi connectivity index (χ0n) is 9.56. The molecule has 0 saturated carbocycles. The van der Waals surface area contributed by atoms with E-state index in [0.29, 0.717) is 5.75 Å². The Balaban J connectivity index is 2.15. The van der Waals surface area contributed by atoms with Gasteiger partial charge in [-0.25, -0.2) is 0 Å². The van der Waals surface area contributed by atoms with Crippen LogP contribution in [0, 0.1) is 0 Å². The molecule has 0 atom stereocenters. The molecule has 2 aromatic carbocycles. The predicted molar refractivity (Wildman–Crippen MR) is 70.9 cm³/mol. The quantitative estimate of drug-likeness (QED) is 0.772. The third-order valence-corrected chi connectivity index (χ3v) is 3.25. The maximum atomic E-state index is 9.33. The number of benzene rings is 2. The number of aromatic hydroxyl groups is 1. The molecule has 0 radical (unpaired) electrons. The first-order valence-corrected chi connectivity index (χ1v) is 5.92. The van der Waals surface area contributed by atoms with E-state index in [0.717, 1.165) is 12.8 Å². The SMILES string of the molecule is Oc1ccc(-c2cccc3c2CCC=C3)cc1. The zero-order valence-corrected chi connectivity index (χ0v) is 9.56. The van der Waals surface area contributed by atoms with Crippen molar-refractivity contribution in [3.63, 3.8) is 0 Å². The molecular formula is C16H14O. The first-order valence-electron chi connectivity index (χ1n) is 5.92. The van der Waals surface area contributed by atoms with E-state index in [9.17, 15) is 5.11 Å². The fourth-order valence-corrected chi connectivity index (χ4v) is 2.39. The van der Waals surface area contributed by atoms with Crippen molar-refractivity contribution < 1.29 is 5.11 Å². The molecule has 2 aromatic rings. The molecule has 1 nitrogen and oxygen atoms in total. The Morgan fingerprint density at radius 2 is 1.76 bits per heavy atom. The number of phenolic OH excluding ortho intramolecular Hbond substituents is 1. The highest BCUT2D eigenvalue weighted by Crippen LogP contribution is 2.31. The Hall–Kier alpha value is -2.02. The molecule has 1 aliphatic rings. The minimum Gasteiger partial charge on any atom is -0.508 e. The number of fused-ring (bicyclic) bond motifs is 1. The molecule has 17 heavy (non-hydrogen) atoms. The fourth-order valence-electron chi connectivity index (χ4n) is 2.39. The molecule has 1 heteroatoms. The summed E-state index contributed by atoms with van der Waals surface area (Å²) in [6.07, 6.45) is 6.64. The van der Waals surface area contributed by atoms with Gasteiger partial charge in [0.25, 0.3) is 0 Å². The van der Waals surface area contributed by atoms with Gasteiger partial charge in [0.1, 0.15) is 5.75 Å². The van der Waals surface area contributed by atoms with E-state index in [1.54, 1.807) is 12.1 Å². The van der Waals surface area contributed by atoms with E-state index in [-0.39, 0.29) is 0 Å². The number of phenols is 1. The second-order valence-electron chi connectivity index (χ2n) is 4.36. The molecule has 0 spiro atoms. The molecule has 0 bridgehead atoms. The average molecular weight is 222 g/mol. The van der Waals surface area contributed by atoms with Crippen LogP contribution in [0.4, 0.5) is 0 Å². The van der Waals surface area contributed by atoms with Crippen molar-refractivity contribution in [2.24, 2.45) is 0 Å².